The van der Waals surface area contributed by atoms with E-state index in [0.717, 1.165) is 72.1 Å². The van der Waals surface area contributed by atoms with Gasteiger partial charge >= 0.3 is 29.9 Å². The first-order valence-electron chi connectivity index (χ1n) is 22.2. The van der Waals surface area contributed by atoms with E-state index in [1.807, 2.05) is 0 Å². The fourth-order valence-electron chi connectivity index (χ4n) is 7.23. The molecule has 0 saturated carbocycles. The van der Waals surface area contributed by atoms with Gasteiger partial charge in [0.1, 0.15) is 9.79 Å². The van der Waals surface area contributed by atoms with Crippen LogP contribution < -0.4 is 11.5 Å². The molecule has 0 aliphatic heterocycles. The second kappa shape index (κ2) is 20.4. The number of methoxy groups -OCH3 is 4. The number of carbonyl (C=O) groups excluding carboxylic acids is 4. The van der Waals surface area contributed by atoms with E-state index in [1.165, 1.54) is 36.4 Å². The number of esters is 4. The lowest BCUT2D eigenvalue weighted by Crippen LogP contribution is -2.16. The molecule has 404 valence electrons. The Bertz CT molecular complexity index is 3550. The van der Waals surface area contributed by atoms with Crippen molar-refractivity contribution < 1.29 is 60.1 Å². The fourth-order valence-corrected chi connectivity index (χ4v) is 8.63. The first-order chi connectivity index (χ1) is 35.9. The standard InChI is InChI=1S/C45H49N17O13S2/c1-44(2,3)31-29(53-55-35-27(76(11,68)69)19-48-59(35)25-15-21(37(63)72-7)13-22(16-25)38(64)73-8)33(46)61(57-31)41-50-42(52-43(67)51-41)62-34(47)30(32(58-62)45(4,5)6)54-56-36-28(77(12,70)71)20-49-60(36)26-17-23(39(65)74-9)14-24(18-26)40(66)75-10/h13-20H,46-47H2,1-12H3,(H,50,51,52,67). The van der Waals surface area contributed by atoms with Gasteiger partial charge in [-0.2, -0.15) is 44.7 Å². The van der Waals surface area contributed by atoms with Crippen molar-refractivity contribution >= 4 is 78.2 Å². The molecular formula is C45H49N17O13S2. The van der Waals surface area contributed by atoms with Crippen LogP contribution in [-0.2, 0) is 49.5 Å². The third kappa shape index (κ3) is 11.1. The Kier molecular flexibility index (Phi) is 14.7. The quantitative estimate of drug-likeness (QED) is 0.0743. The number of azo groups is 2. The minimum absolute atomic E-state index is 0.00855. The molecule has 30 nitrogen and oxygen atoms in total. The van der Waals surface area contributed by atoms with Gasteiger partial charge < -0.3 is 35.5 Å². The molecular weight excluding hydrogens is 1050 g/mol. The summed E-state index contributed by atoms with van der Waals surface area (Å²) in [5.74, 6) is -5.49. The van der Waals surface area contributed by atoms with Gasteiger partial charge in [0, 0.05) is 23.3 Å². The van der Waals surface area contributed by atoms with Crippen LogP contribution in [0.5, 0.6) is 6.01 Å². The topological polar surface area (TPSA) is 405 Å². The third-order valence-corrected chi connectivity index (χ3v) is 13.1. The molecule has 0 spiro atoms. The van der Waals surface area contributed by atoms with E-state index in [-0.39, 0.29) is 79.7 Å². The van der Waals surface area contributed by atoms with Crippen LogP contribution in [0.15, 0.2) is 79.0 Å². The van der Waals surface area contributed by atoms with Crippen LogP contribution in [-0.4, -0.2) is 141 Å². The van der Waals surface area contributed by atoms with Crippen LogP contribution in [0.3, 0.4) is 0 Å². The molecule has 2 aromatic carbocycles. The van der Waals surface area contributed by atoms with Gasteiger partial charge in [0.25, 0.3) is 11.9 Å². The maximum Gasteiger partial charge on any atom is 0.337 e. The largest absolute Gasteiger partial charge is 0.479 e. The number of benzene rings is 2. The van der Waals surface area contributed by atoms with Crippen molar-refractivity contribution in [3.05, 3.63) is 82.4 Å². The average molecular weight is 1100 g/mol. The van der Waals surface area contributed by atoms with E-state index in [4.69, 9.17) is 30.4 Å². The van der Waals surface area contributed by atoms with Gasteiger partial charge in [0.05, 0.1) is 85.8 Å². The van der Waals surface area contributed by atoms with Crippen molar-refractivity contribution in [2.75, 3.05) is 52.4 Å². The predicted molar refractivity (Wildman–Crippen MR) is 269 cm³/mol. The number of nitrogen functional groups attached to an aromatic ring is 2. The first kappa shape index (κ1) is 55.4. The van der Waals surface area contributed by atoms with Crippen LogP contribution in [0.4, 0.5) is 34.6 Å². The number of nitrogens with zero attached hydrogens (tertiary/aromatic N) is 15. The Hall–Kier alpha value is -9.33. The van der Waals surface area contributed by atoms with Gasteiger partial charge in [-0.25, -0.2) is 45.4 Å². The van der Waals surface area contributed by atoms with Gasteiger partial charge in [0.15, 0.2) is 54.3 Å². The summed E-state index contributed by atoms with van der Waals surface area (Å²) in [7, 11) is -3.66. The highest BCUT2D eigenvalue weighted by atomic mass is 32.2. The number of carbonyl (C=O) groups is 4. The molecule has 0 saturated heterocycles. The first-order valence-corrected chi connectivity index (χ1v) is 26.0. The second-order valence-corrected chi connectivity index (χ2v) is 22.6. The normalized spacial score (nSPS) is 12.4. The highest BCUT2D eigenvalue weighted by Gasteiger charge is 2.32. The molecule has 77 heavy (non-hydrogen) atoms. The van der Waals surface area contributed by atoms with Crippen molar-refractivity contribution in [1.82, 2.24) is 54.1 Å². The summed E-state index contributed by atoms with van der Waals surface area (Å²) in [6.45, 7) is 10.5. The fraction of sp³-hybridized carbons (Fsp3) is 0.311. The summed E-state index contributed by atoms with van der Waals surface area (Å²) in [5.41, 5.74) is 11.3. The molecule has 0 radical (unpaired) electrons. The summed E-state index contributed by atoms with van der Waals surface area (Å²) in [6.07, 6.45) is 3.80. The Labute approximate surface area is 437 Å². The van der Waals surface area contributed by atoms with Gasteiger partial charge in [-0.3, -0.25) is 0 Å². The predicted octanol–water partition coefficient (Wildman–Crippen LogP) is 4.86. The third-order valence-electron chi connectivity index (χ3n) is 10.9. The Balaban J connectivity index is 1.37. The number of aromatic hydroxyl groups is 1. The summed E-state index contributed by atoms with van der Waals surface area (Å²) in [4.78, 5) is 62.4. The molecule has 0 aliphatic carbocycles. The number of sulfone groups is 2. The molecule has 0 amide bonds. The number of ether oxygens (including phenoxy) is 4. The van der Waals surface area contributed by atoms with Crippen LogP contribution in [0.1, 0.15) is 94.4 Å². The van der Waals surface area contributed by atoms with Gasteiger partial charge in [-0.1, -0.05) is 41.5 Å². The lowest BCUT2D eigenvalue weighted by molar-refractivity contribution is 0.0581. The van der Waals surface area contributed by atoms with Crippen molar-refractivity contribution in [3.63, 3.8) is 0 Å². The van der Waals surface area contributed by atoms with Crippen LogP contribution in [0, 0.1) is 0 Å². The van der Waals surface area contributed by atoms with Crippen molar-refractivity contribution in [1.29, 1.82) is 0 Å². The highest BCUT2D eigenvalue weighted by Crippen LogP contribution is 2.41. The summed E-state index contributed by atoms with van der Waals surface area (Å²) in [5, 5.41) is 46.1. The van der Waals surface area contributed by atoms with Crippen molar-refractivity contribution in [3.8, 4) is 29.3 Å². The summed E-state index contributed by atoms with van der Waals surface area (Å²) < 4.78 is 76.0. The lowest BCUT2D eigenvalue weighted by atomic mass is 9.91. The molecule has 0 unspecified atom stereocenters. The average Bonchev–Trinajstić information content (AvgIpc) is 4.20. The molecule has 7 rings (SSSR count). The zero-order valence-electron chi connectivity index (χ0n) is 43.1. The number of aromatic nitrogens is 11. The Morgan fingerprint density at radius 1 is 0.519 bits per heavy atom. The zero-order valence-corrected chi connectivity index (χ0v) is 44.8. The SMILES string of the molecule is COC(=O)c1cc(C(=O)OC)cc(-n2ncc(S(C)(=O)=O)c2N=Nc2c(C(C)(C)C)nn(-c3nc(O)nc(-n4nc(C(C)(C)C)c(N=Nc5c(S(C)(=O)=O)cnn5-c5cc(C(=O)OC)cc(C(=O)OC)c5)c4N)n3)c2N)c1. The van der Waals surface area contributed by atoms with E-state index in [9.17, 15) is 41.1 Å². The van der Waals surface area contributed by atoms with Crippen LogP contribution in [0.25, 0.3) is 23.3 Å². The molecule has 0 atom stereocenters. The van der Waals surface area contributed by atoms with E-state index in [0.29, 0.717) is 0 Å². The summed E-state index contributed by atoms with van der Waals surface area (Å²) in [6, 6.07) is 6.67. The van der Waals surface area contributed by atoms with Crippen molar-refractivity contribution in [2.45, 2.75) is 62.2 Å². The maximum absolute atomic E-state index is 13.1. The molecule has 0 bridgehead atoms. The maximum atomic E-state index is 13.1. The lowest BCUT2D eigenvalue weighted by Gasteiger charge is -2.15. The van der Waals surface area contributed by atoms with Crippen LogP contribution >= 0.6 is 0 Å². The number of nitrogens with two attached hydrogens (primary N) is 2. The molecule has 32 heteroatoms. The van der Waals surface area contributed by atoms with Crippen molar-refractivity contribution in [2.24, 2.45) is 20.5 Å². The molecule has 0 aliphatic rings. The molecule has 5 N–H and O–H groups in total. The van der Waals surface area contributed by atoms with E-state index < -0.39 is 82.1 Å². The van der Waals surface area contributed by atoms with Gasteiger partial charge in [-0.15, -0.1) is 20.5 Å². The minimum atomic E-state index is -4.08. The number of anilines is 2. The monoisotopic (exact) mass is 1100 g/mol. The minimum Gasteiger partial charge on any atom is -0.479 e. The Morgan fingerprint density at radius 2 is 0.831 bits per heavy atom. The zero-order chi connectivity index (χ0) is 56.9. The summed E-state index contributed by atoms with van der Waals surface area (Å²) >= 11 is 0. The van der Waals surface area contributed by atoms with Gasteiger partial charge in [0.2, 0.25) is 0 Å². The molecule has 0 fully saturated rings. The van der Waals surface area contributed by atoms with Crippen LogP contribution in [0.2, 0.25) is 0 Å². The number of hydrogen-bond donors (Lipinski definition) is 3. The van der Waals surface area contributed by atoms with E-state index in [1.54, 1.807) is 41.5 Å². The van der Waals surface area contributed by atoms with E-state index >= 15 is 0 Å². The highest BCUT2D eigenvalue weighted by molar-refractivity contribution is 7.91. The number of hydrogen-bond acceptors (Lipinski definition) is 26. The molecule has 5 heterocycles. The molecule has 7 aromatic rings. The smallest absolute Gasteiger partial charge is 0.337 e. The van der Waals surface area contributed by atoms with E-state index in [2.05, 4.69) is 55.8 Å². The Morgan fingerprint density at radius 3 is 1.10 bits per heavy atom. The molecule has 5 aromatic heterocycles. The van der Waals surface area contributed by atoms with Gasteiger partial charge in [-0.05, 0) is 36.4 Å². The number of rotatable bonds is 14. The second-order valence-electron chi connectivity index (χ2n) is 18.7.